The number of aromatic nitrogens is 4. The maximum absolute atomic E-state index is 8.38. The Balaban J connectivity index is 2.61. The maximum Gasteiger partial charge on any atom is 0.234 e. The lowest BCUT2D eigenvalue weighted by Crippen LogP contribution is -1.92. The predicted molar refractivity (Wildman–Crippen MR) is 38.0 cm³/mol. The zero-order valence-corrected chi connectivity index (χ0v) is 6.25. The third kappa shape index (κ3) is 0.860. The van der Waals surface area contributed by atoms with E-state index in [-0.39, 0.29) is 6.42 Å². The molecule has 0 spiro atoms. The van der Waals surface area contributed by atoms with Crippen molar-refractivity contribution in [3.63, 3.8) is 0 Å². The first-order chi connectivity index (χ1) is 5.42. The van der Waals surface area contributed by atoms with Crippen LogP contribution in [-0.4, -0.2) is 19.8 Å². The molecule has 2 rings (SSSR count). The summed E-state index contributed by atoms with van der Waals surface area (Å²) in [5.74, 6) is 0.601. The fourth-order valence-corrected chi connectivity index (χ4v) is 1.36. The Morgan fingerprint density at radius 2 is 2.55 bits per heavy atom. The number of hydrogen-bond donors (Lipinski definition) is 0. The SMILES string of the molecule is N#CCc1nnc2scnn12. The molecular weight excluding hydrogens is 162 g/mol. The Morgan fingerprint density at radius 3 is 3.36 bits per heavy atom. The number of rotatable bonds is 1. The molecule has 0 saturated carbocycles. The van der Waals surface area contributed by atoms with Gasteiger partial charge in [0.2, 0.25) is 4.96 Å². The normalized spacial score (nSPS) is 10.1. The largest absolute Gasteiger partial charge is 0.234 e. The van der Waals surface area contributed by atoms with E-state index in [0.29, 0.717) is 5.82 Å². The zero-order valence-electron chi connectivity index (χ0n) is 5.43. The minimum Gasteiger partial charge on any atom is -0.198 e. The van der Waals surface area contributed by atoms with Gasteiger partial charge in [-0.1, -0.05) is 11.3 Å². The molecule has 0 bridgehead atoms. The third-order valence-corrected chi connectivity index (χ3v) is 1.90. The second kappa shape index (κ2) is 2.29. The van der Waals surface area contributed by atoms with Crippen molar-refractivity contribution in [1.82, 2.24) is 19.8 Å². The van der Waals surface area contributed by atoms with Gasteiger partial charge in [0.1, 0.15) is 5.51 Å². The van der Waals surface area contributed by atoms with Crippen LogP contribution in [0.2, 0.25) is 0 Å². The van der Waals surface area contributed by atoms with E-state index in [1.807, 2.05) is 6.07 Å². The van der Waals surface area contributed by atoms with Gasteiger partial charge in [-0.05, 0) is 0 Å². The van der Waals surface area contributed by atoms with E-state index >= 15 is 0 Å². The molecule has 0 fully saturated rings. The van der Waals surface area contributed by atoms with Gasteiger partial charge in [-0.3, -0.25) is 0 Å². The summed E-state index contributed by atoms with van der Waals surface area (Å²) in [6.07, 6.45) is 0.255. The smallest absolute Gasteiger partial charge is 0.198 e. The summed E-state index contributed by atoms with van der Waals surface area (Å²) in [7, 11) is 0. The van der Waals surface area contributed by atoms with E-state index in [0.717, 1.165) is 4.96 Å². The minimum atomic E-state index is 0.255. The van der Waals surface area contributed by atoms with Crippen LogP contribution in [0.1, 0.15) is 5.82 Å². The van der Waals surface area contributed by atoms with Crippen molar-refractivity contribution >= 4 is 16.3 Å². The highest BCUT2D eigenvalue weighted by Crippen LogP contribution is 2.06. The maximum atomic E-state index is 8.38. The summed E-state index contributed by atoms with van der Waals surface area (Å²) in [5, 5.41) is 19.9. The molecule has 0 radical (unpaired) electrons. The topological polar surface area (TPSA) is 66.9 Å². The van der Waals surface area contributed by atoms with Crippen LogP contribution in [0, 0.1) is 11.3 Å². The van der Waals surface area contributed by atoms with E-state index in [9.17, 15) is 0 Å². The summed E-state index contributed by atoms with van der Waals surface area (Å²) in [4.78, 5) is 0.732. The third-order valence-electron chi connectivity index (χ3n) is 1.23. The van der Waals surface area contributed by atoms with Crippen molar-refractivity contribution < 1.29 is 0 Å². The monoisotopic (exact) mass is 165 g/mol. The van der Waals surface area contributed by atoms with Crippen molar-refractivity contribution in [2.75, 3.05) is 0 Å². The average Bonchev–Trinajstić information content (AvgIpc) is 2.53. The number of nitriles is 1. The Hall–Kier alpha value is -1.48. The molecule has 11 heavy (non-hydrogen) atoms. The molecule has 0 amide bonds. The summed E-state index contributed by atoms with van der Waals surface area (Å²) in [5.41, 5.74) is 1.67. The van der Waals surface area contributed by atoms with Gasteiger partial charge in [0.25, 0.3) is 0 Å². The summed E-state index contributed by atoms with van der Waals surface area (Å²) < 4.78 is 1.58. The molecule has 0 aromatic carbocycles. The molecule has 0 unspecified atom stereocenters. The van der Waals surface area contributed by atoms with E-state index in [1.165, 1.54) is 11.3 Å². The second-order valence-electron chi connectivity index (χ2n) is 1.88. The first-order valence-electron chi connectivity index (χ1n) is 2.92. The van der Waals surface area contributed by atoms with Crippen LogP contribution < -0.4 is 0 Å². The summed E-state index contributed by atoms with van der Waals surface area (Å²) in [6, 6.07) is 1.99. The van der Waals surface area contributed by atoms with E-state index in [4.69, 9.17) is 5.26 Å². The molecule has 5 nitrogen and oxygen atoms in total. The van der Waals surface area contributed by atoms with Crippen LogP contribution in [0.3, 0.4) is 0 Å². The molecule has 0 N–H and O–H groups in total. The van der Waals surface area contributed by atoms with Crippen molar-refractivity contribution in [1.29, 1.82) is 5.26 Å². The molecule has 2 aromatic rings. The van der Waals surface area contributed by atoms with Gasteiger partial charge in [0.05, 0.1) is 12.5 Å². The van der Waals surface area contributed by atoms with Crippen LogP contribution in [-0.2, 0) is 6.42 Å². The fraction of sp³-hybridized carbons (Fsp3) is 0.200. The van der Waals surface area contributed by atoms with Crippen LogP contribution in [0.4, 0.5) is 0 Å². The van der Waals surface area contributed by atoms with Crippen molar-refractivity contribution in [3.8, 4) is 6.07 Å². The Labute approximate surface area is 65.9 Å². The van der Waals surface area contributed by atoms with Crippen LogP contribution >= 0.6 is 11.3 Å². The first kappa shape index (κ1) is 6.24. The molecule has 54 valence electrons. The molecular formula is C5H3N5S. The predicted octanol–water partition coefficient (Wildman–Crippen LogP) is 0.252. The molecule has 0 saturated heterocycles. The van der Waals surface area contributed by atoms with Gasteiger partial charge < -0.3 is 0 Å². The first-order valence-corrected chi connectivity index (χ1v) is 3.80. The van der Waals surface area contributed by atoms with Crippen LogP contribution in [0.15, 0.2) is 5.51 Å². The zero-order chi connectivity index (χ0) is 7.68. The lowest BCUT2D eigenvalue weighted by molar-refractivity contribution is 0.865. The number of fused-ring (bicyclic) bond motifs is 1. The highest BCUT2D eigenvalue weighted by atomic mass is 32.1. The molecule has 6 heteroatoms. The van der Waals surface area contributed by atoms with E-state index in [1.54, 1.807) is 10.0 Å². The quantitative estimate of drug-likeness (QED) is 0.607. The molecule has 0 aliphatic rings. The second-order valence-corrected chi connectivity index (χ2v) is 2.70. The van der Waals surface area contributed by atoms with Gasteiger partial charge in [0, 0.05) is 0 Å². The number of nitrogens with zero attached hydrogens (tertiary/aromatic N) is 5. The standard InChI is InChI=1S/C5H3N5S/c6-2-1-4-8-9-5-10(4)7-3-11-5/h3H,1H2. The fourth-order valence-electron chi connectivity index (χ4n) is 0.784. The Morgan fingerprint density at radius 1 is 1.64 bits per heavy atom. The molecule has 0 aliphatic carbocycles. The summed E-state index contributed by atoms with van der Waals surface area (Å²) in [6.45, 7) is 0. The average molecular weight is 165 g/mol. The van der Waals surface area contributed by atoms with Gasteiger partial charge >= 0.3 is 0 Å². The number of hydrogen-bond acceptors (Lipinski definition) is 5. The Bertz CT molecular complexity index is 408. The van der Waals surface area contributed by atoms with Crippen molar-refractivity contribution in [2.45, 2.75) is 6.42 Å². The summed E-state index contributed by atoms with van der Waals surface area (Å²) >= 11 is 1.40. The molecule has 2 aromatic heterocycles. The van der Waals surface area contributed by atoms with Gasteiger partial charge in [-0.15, -0.1) is 10.2 Å². The van der Waals surface area contributed by atoms with E-state index in [2.05, 4.69) is 15.3 Å². The van der Waals surface area contributed by atoms with Gasteiger partial charge in [-0.2, -0.15) is 14.9 Å². The Kier molecular flexibility index (Phi) is 1.30. The van der Waals surface area contributed by atoms with E-state index < -0.39 is 0 Å². The minimum absolute atomic E-state index is 0.255. The lowest BCUT2D eigenvalue weighted by atomic mass is 10.5. The molecule has 0 atom stereocenters. The van der Waals surface area contributed by atoms with Crippen LogP contribution in [0.5, 0.6) is 0 Å². The van der Waals surface area contributed by atoms with Gasteiger partial charge in [0.15, 0.2) is 5.82 Å². The highest BCUT2D eigenvalue weighted by Gasteiger charge is 2.05. The molecule has 0 aliphatic heterocycles. The van der Waals surface area contributed by atoms with Gasteiger partial charge in [-0.25, -0.2) is 0 Å². The van der Waals surface area contributed by atoms with Crippen LogP contribution in [0.25, 0.3) is 4.96 Å². The van der Waals surface area contributed by atoms with Crippen molar-refractivity contribution in [3.05, 3.63) is 11.3 Å². The molecule has 2 heterocycles. The lowest BCUT2D eigenvalue weighted by Gasteiger charge is -1.82. The van der Waals surface area contributed by atoms with Crippen molar-refractivity contribution in [2.24, 2.45) is 0 Å². The highest BCUT2D eigenvalue weighted by molar-refractivity contribution is 7.14.